The Labute approximate surface area is 119 Å². The topological polar surface area (TPSA) is 61.0 Å². The molecular formula is C16H19N3O. The van der Waals surface area contributed by atoms with Crippen molar-refractivity contribution in [3.05, 3.63) is 53.0 Å². The molecule has 1 heterocycles. The molecule has 1 aromatic carbocycles. The van der Waals surface area contributed by atoms with E-state index in [1.54, 1.807) is 6.07 Å². The van der Waals surface area contributed by atoms with Crippen LogP contribution in [0.3, 0.4) is 0 Å². The van der Waals surface area contributed by atoms with Crippen molar-refractivity contribution in [3.8, 4) is 0 Å². The first-order valence-corrected chi connectivity index (χ1v) is 7.02. The van der Waals surface area contributed by atoms with Gasteiger partial charge in [0.05, 0.1) is 6.10 Å². The SMILES string of the molecule is Cc1cc(N)nc(COC2CCCc3ccccc32)n1. The molecule has 4 heteroatoms. The van der Waals surface area contributed by atoms with E-state index in [0.717, 1.165) is 18.5 Å². The van der Waals surface area contributed by atoms with E-state index in [1.165, 1.54) is 17.5 Å². The normalized spacial score (nSPS) is 17.8. The van der Waals surface area contributed by atoms with Gasteiger partial charge in [-0.3, -0.25) is 0 Å². The predicted octanol–water partition coefficient (Wildman–Crippen LogP) is 2.96. The lowest BCUT2D eigenvalue weighted by molar-refractivity contribution is 0.0245. The van der Waals surface area contributed by atoms with E-state index in [1.807, 2.05) is 6.92 Å². The van der Waals surface area contributed by atoms with Crippen LogP contribution in [0.25, 0.3) is 0 Å². The fourth-order valence-electron chi connectivity index (χ4n) is 2.78. The van der Waals surface area contributed by atoms with E-state index in [9.17, 15) is 0 Å². The number of fused-ring (bicyclic) bond motifs is 1. The zero-order chi connectivity index (χ0) is 13.9. The number of nitrogens with two attached hydrogens (primary N) is 1. The van der Waals surface area contributed by atoms with Crippen molar-refractivity contribution >= 4 is 5.82 Å². The summed E-state index contributed by atoms with van der Waals surface area (Å²) in [4.78, 5) is 8.57. The van der Waals surface area contributed by atoms with Gasteiger partial charge in [0.15, 0.2) is 5.82 Å². The van der Waals surface area contributed by atoms with Crippen LogP contribution in [-0.2, 0) is 17.8 Å². The van der Waals surface area contributed by atoms with Gasteiger partial charge in [0.1, 0.15) is 12.4 Å². The van der Waals surface area contributed by atoms with Crippen molar-refractivity contribution in [2.75, 3.05) is 5.73 Å². The van der Waals surface area contributed by atoms with Gasteiger partial charge < -0.3 is 10.5 Å². The quantitative estimate of drug-likeness (QED) is 0.930. The molecule has 1 atom stereocenters. The summed E-state index contributed by atoms with van der Waals surface area (Å²) in [6, 6.07) is 10.3. The Morgan fingerprint density at radius 2 is 2.15 bits per heavy atom. The molecule has 0 bridgehead atoms. The lowest BCUT2D eigenvalue weighted by Gasteiger charge is -2.25. The molecule has 0 amide bonds. The molecule has 0 aliphatic heterocycles. The van der Waals surface area contributed by atoms with Crippen molar-refractivity contribution in [2.45, 2.75) is 38.9 Å². The van der Waals surface area contributed by atoms with Gasteiger partial charge in [-0.2, -0.15) is 0 Å². The molecule has 0 fully saturated rings. The van der Waals surface area contributed by atoms with Gasteiger partial charge in [-0.25, -0.2) is 9.97 Å². The number of nitrogens with zero attached hydrogens (tertiary/aromatic N) is 2. The Kier molecular flexibility index (Phi) is 3.65. The maximum Gasteiger partial charge on any atom is 0.156 e. The standard InChI is InChI=1S/C16H19N3O/c1-11-9-15(17)19-16(18-11)10-20-14-8-4-6-12-5-2-3-7-13(12)14/h2-3,5,7,9,14H,4,6,8,10H2,1H3,(H2,17,18,19). The van der Waals surface area contributed by atoms with Crippen molar-refractivity contribution in [3.63, 3.8) is 0 Å². The molecule has 104 valence electrons. The Bertz CT molecular complexity index is 592. The number of aromatic nitrogens is 2. The van der Waals surface area contributed by atoms with Crippen LogP contribution in [0.4, 0.5) is 5.82 Å². The zero-order valence-corrected chi connectivity index (χ0v) is 11.7. The van der Waals surface area contributed by atoms with E-state index >= 15 is 0 Å². The minimum absolute atomic E-state index is 0.144. The lowest BCUT2D eigenvalue weighted by atomic mass is 9.89. The molecule has 2 N–H and O–H groups in total. The Morgan fingerprint density at radius 1 is 1.30 bits per heavy atom. The summed E-state index contributed by atoms with van der Waals surface area (Å²) in [7, 11) is 0. The minimum Gasteiger partial charge on any atom is -0.384 e. The number of nitrogen functional groups attached to an aromatic ring is 1. The number of hydrogen-bond acceptors (Lipinski definition) is 4. The second-order valence-electron chi connectivity index (χ2n) is 5.24. The third-order valence-corrected chi connectivity index (χ3v) is 3.65. The first kappa shape index (κ1) is 13.1. The van der Waals surface area contributed by atoms with Crippen LogP contribution in [0, 0.1) is 6.92 Å². The number of hydrogen-bond donors (Lipinski definition) is 1. The molecule has 0 spiro atoms. The smallest absolute Gasteiger partial charge is 0.156 e. The molecule has 1 aliphatic rings. The molecular weight excluding hydrogens is 250 g/mol. The van der Waals surface area contributed by atoms with Crippen molar-refractivity contribution in [2.24, 2.45) is 0 Å². The summed E-state index contributed by atoms with van der Waals surface area (Å²) in [5, 5.41) is 0. The van der Waals surface area contributed by atoms with Crippen molar-refractivity contribution < 1.29 is 4.74 Å². The predicted molar refractivity (Wildman–Crippen MR) is 78.1 cm³/mol. The second kappa shape index (κ2) is 5.59. The van der Waals surface area contributed by atoms with E-state index in [-0.39, 0.29) is 6.10 Å². The maximum atomic E-state index is 6.02. The average Bonchev–Trinajstić information content (AvgIpc) is 2.44. The summed E-state index contributed by atoms with van der Waals surface area (Å²) < 4.78 is 6.02. The van der Waals surface area contributed by atoms with Gasteiger partial charge in [0, 0.05) is 11.8 Å². The Hall–Kier alpha value is -1.94. The largest absolute Gasteiger partial charge is 0.384 e. The molecule has 2 aromatic rings. The number of ether oxygens (including phenoxy) is 1. The molecule has 0 saturated carbocycles. The van der Waals surface area contributed by atoms with Crippen molar-refractivity contribution in [1.29, 1.82) is 0 Å². The first-order valence-electron chi connectivity index (χ1n) is 7.02. The second-order valence-corrected chi connectivity index (χ2v) is 5.24. The zero-order valence-electron chi connectivity index (χ0n) is 11.7. The van der Waals surface area contributed by atoms with Gasteiger partial charge in [-0.15, -0.1) is 0 Å². The summed E-state index contributed by atoms with van der Waals surface area (Å²) in [5.74, 6) is 1.16. The molecule has 1 aromatic heterocycles. The van der Waals surface area contributed by atoms with E-state index in [2.05, 4.69) is 34.2 Å². The van der Waals surface area contributed by atoms with E-state index in [0.29, 0.717) is 18.2 Å². The highest BCUT2D eigenvalue weighted by Crippen LogP contribution is 2.32. The van der Waals surface area contributed by atoms with Crippen LogP contribution < -0.4 is 5.73 Å². The van der Waals surface area contributed by atoms with Gasteiger partial charge >= 0.3 is 0 Å². The number of anilines is 1. The molecule has 1 aliphatic carbocycles. The summed E-state index contributed by atoms with van der Waals surface area (Å²) in [5.41, 5.74) is 9.31. The highest BCUT2D eigenvalue weighted by atomic mass is 16.5. The van der Waals surface area contributed by atoms with Crippen LogP contribution in [0.1, 0.15) is 41.6 Å². The lowest BCUT2D eigenvalue weighted by Crippen LogP contribution is -2.14. The van der Waals surface area contributed by atoms with Crippen LogP contribution in [0.5, 0.6) is 0 Å². The van der Waals surface area contributed by atoms with E-state index < -0.39 is 0 Å². The summed E-state index contributed by atoms with van der Waals surface area (Å²) in [6.07, 6.45) is 3.51. The molecule has 1 unspecified atom stereocenters. The van der Waals surface area contributed by atoms with Crippen LogP contribution in [0.15, 0.2) is 30.3 Å². The summed E-state index contributed by atoms with van der Waals surface area (Å²) >= 11 is 0. The maximum absolute atomic E-state index is 6.02. The third kappa shape index (κ3) is 2.80. The monoisotopic (exact) mass is 269 g/mol. The van der Waals surface area contributed by atoms with Gasteiger partial charge in [0.25, 0.3) is 0 Å². The molecule has 0 saturated heterocycles. The third-order valence-electron chi connectivity index (χ3n) is 3.65. The van der Waals surface area contributed by atoms with Gasteiger partial charge in [-0.1, -0.05) is 24.3 Å². The van der Waals surface area contributed by atoms with Crippen molar-refractivity contribution in [1.82, 2.24) is 9.97 Å². The molecule has 0 radical (unpaired) electrons. The van der Waals surface area contributed by atoms with Gasteiger partial charge in [0.2, 0.25) is 0 Å². The highest BCUT2D eigenvalue weighted by molar-refractivity contribution is 5.31. The fourth-order valence-corrected chi connectivity index (χ4v) is 2.78. The molecule has 20 heavy (non-hydrogen) atoms. The Morgan fingerprint density at radius 3 is 3.00 bits per heavy atom. The summed E-state index contributed by atoms with van der Waals surface area (Å²) in [6.45, 7) is 2.32. The fraction of sp³-hybridized carbons (Fsp3) is 0.375. The molecule has 4 nitrogen and oxygen atoms in total. The van der Waals surface area contributed by atoms with Gasteiger partial charge in [-0.05, 0) is 37.3 Å². The van der Waals surface area contributed by atoms with Crippen LogP contribution in [0.2, 0.25) is 0 Å². The van der Waals surface area contributed by atoms with E-state index in [4.69, 9.17) is 10.5 Å². The highest BCUT2D eigenvalue weighted by Gasteiger charge is 2.20. The minimum atomic E-state index is 0.144. The Balaban J connectivity index is 1.73. The number of benzene rings is 1. The van der Waals surface area contributed by atoms with Crippen LogP contribution in [-0.4, -0.2) is 9.97 Å². The average molecular weight is 269 g/mol. The van der Waals surface area contributed by atoms with Crippen LogP contribution >= 0.6 is 0 Å². The number of aryl methyl sites for hydroxylation is 2. The number of rotatable bonds is 3. The first-order chi connectivity index (χ1) is 9.72. The molecule has 3 rings (SSSR count).